The summed E-state index contributed by atoms with van der Waals surface area (Å²) in [4.78, 5) is 2.68. The average molecular weight is 323 g/mol. The third-order valence-corrected chi connectivity index (χ3v) is 5.62. The summed E-state index contributed by atoms with van der Waals surface area (Å²) in [5, 5.41) is 3.58. The minimum absolute atomic E-state index is 0. The predicted octanol–water partition coefficient (Wildman–Crippen LogP) is 3.47. The van der Waals surface area contributed by atoms with Gasteiger partial charge in [0, 0.05) is 38.5 Å². The Morgan fingerprint density at radius 3 is 2.91 bits per heavy atom. The first-order valence-electron chi connectivity index (χ1n) is 8.49. The molecule has 4 heteroatoms. The van der Waals surface area contributed by atoms with Gasteiger partial charge in [-0.05, 0) is 55.2 Å². The van der Waals surface area contributed by atoms with Gasteiger partial charge < -0.3 is 10.1 Å². The van der Waals surface area contributed by atoms with Crippen LogP contribution in [0.1, 0.15) is 36.8 Å². The molecule has 22 heavy (non-hydrogen) atoms. The highest BCUT2D eigenvalue weighted by Crippen LogP contribution is 2.40. The van der Waals surface area contributed by atoms with Gasteiger partial charge in [0.1, 0.15) is 0 Å². The number of piperidine rings is 1. The molecule has 0 aliphatic carbocycles. The van der Waals surface area contributed by atoms with Crippen LogP contribution >= 0.6 is 12.4 Å². The standard InChI is InChI=1S/C18H26N2O.ClH/c1-3-15-5-9-19-17(15)16(4-1)13-20-10-2-6-18(14-20)7-11-21-12-8-18;/h1,3-4,19H,2,5-14H2;1H. The molecule has 0 atom stereocenters. The van der Waals surface area contributed by atoms with E-state index in [9.17, 15) is 0 Å². The zero-order valence-corrected chi connectivity index (χ0v) is 14.1. The zero-order chi connectivity index (χ0) is 14.1. The molecule has 0 aromatic heterocycles. The topological polar surface area (TPSA) is 24.5 Å². The van der Waals surface area contributed by atoms with Gasteiger partial charge in [-0.15, -0.1) is 12.4 Å². The molecule has 1 aromatic carbocycles. The Kier molecular flexibility index (Phi) is 4.96. The molecule has 2 saturated heterocycles. The lowest BCUT2D eigenvalue weighted by Gasteiger charge is -2.45. The number of hydrogen-bond acceptors (Lipinski definition) is 3. The lowest BCUT2D eigenvalue weighted by atomic mass is 9.74. The Bertz CT molecular complexity index is 508. The molecular formula is C18H27ClN2O. The van der Waals surface area contributed by atoms with E-state index in [1.54, 1.807) is 0 Å². The van der Waals surface area contributed by atoms with E-state index in [1.807, 2.05) is 0 Å². The van der Waals surface area contributed by atoms with E-state index in [-0.39, 0.29) is 12.4 Å². The van der Waals surface area contributed by atoms with Gasteiger partial charge in [0.2, 0.25) is 0 Å². The number of nitrogens with zero attached hydrogens (tertiary/aromatic N) is 1. The molecular weight excluding hydrogens is 296 g/mol. The van der Waals surface area contributed by atoms with Gasteiger partial charge in [-0.3, -0.25) is 4.90 Å². The largest absolute Gasteiger partial charge is 0.384 e. The number of nitrogens with one attached hydrogen (secondary N) is 1. The molecule has 0 unspecified atom stereocenters. The maximum absolute atomic E-state index is 5.58. The van der Waals surface area contributed by atoms with Gasteiger partial charge in [-0.25, -0.2) is 0 Å². The lowest BCUT2D eigenvalue weighted by molar-refractivity contribution is -0.0290. The van der Waals surface area contributed by atoms with Crippen LogP contribution in [0.3, 0.4) is 0 Å². The molecule has 0 bridgehead atoms. The van der Waals surface area contributed by atoms with Crippen LogP contribution in [0.25, 0.3) is 0 Å². The highest BCUT2D eigenvalue weighted by Gasteiger charge is 2.37. The van der Waals surface area contributed by atoms with Crippen molar-refractivity contribution < 1.29 is 4.74 Å². The summed E-state index contributed by atoms with van der Waals surface area (Å²) in [7, 11) is 0. The van der Waals surface area contributed by atoms with Gasteiger partial charge in [0.05, 0.1) is 0 Å². The monoisotopic (exact) mass is 322 g/mol. The van der Waals surface area contributed by atoms with Gasteiger partial charge in [0.15, 0.2) is 0 Å². The van der Waals surface area contributed by atoms with E-state index in [1.165, 1.54) is 62.0 Å². The van der Waals surface area contributed by atoms with E-state index < -0.39 is 0 Å². The van der Waals surface area contributed by atoms with Crippen molar-refractivity contribution in [2.24, 2.45) is 5.41 Å². The van der Waals surface area contributed by atoms with Crippen LogP contribution in [0.15, 0.2) is 18.2 Å². The van der Waals surface area contributed by atoms with Crippen molar-refractivity contribution >= 4 is 18.1 Å². The molecule has 3 aliphatic rings. The van der Waals surface area contributed by atoms with E-state index >= 15 is 0 Å². The Morgan fingerprint density at radius 1 is 1.18 bits per heavy atom. The minimum Gasteiger partial charge on any atom is -0.384 e. The Labute approximate surface area is 139 Å². The lowest BCUT2D eigenvalue weighted by Crippen LogP contribution is -2.45. The summed E-state index contributed by atoms with van der Waals surface area (Å²) in [6.07, 6.45) is 6.45. The fraction of sp³-hybridized carbons (Fsp3) is 0.667. The van der Waals surface area contributed by atoms with Crippen molar-refractivity contribution in [2.75, 3.05) is 38.2 Å². The molecule has 122 valence electrons. The van der Waals surface area contributed by atoms with Gasteiger partial charge in [-0.1, -0.05) is 18.2 Å². The highest BCUT2D eigenvalue weighted by molar-refractivity contribution is 5.85. The molecule has 4 rings (SSSR count). The van der Waals surface area contributed by atoms with Gasteiger partial charge >= 0.3 is 0 Å². The van der Waals surface area contributed by atoms with Crippen LogP contribution in [0.4, 0.5) is 5.69 Å². The normalized spacial score (nSPS) is 23.6. The Balaban J connectivity index is 0.00000144. The first-order chi connectivity index (χ1) is 10.3. The van der Waals surface area contributed by atoms with Crippen LogP contribution in [0.2, 0.25) is 0 Å². The fourth-order valence-electron chi connectivity index (χ4n) is 4.44. The number of fused-ring (bicyclic) bond motifs is 1. The second-order valence-electron chi connectivity index (χ2n) is 7.05. The highest BCUT2D eigenvalue weighted by atomic mass is 35.5. The summed E-state index contributed by atoms with van der Waals surface area (Å²) in [5.74, 6) is 0. The summed E-state index contributed by atoms with van der Waals surface area (Å²) < 4.78 is 5.58. The fourth-order valence-corrected chi connectivity index (χ4v) is 4.44. The molecule has 3 heterocycles. The Hall–Kier alpha value is -0.770. The first kappa shape index (κ1) is 16.1. The molecule has 0 amide bonds. The van der Waals surface area contributed by atoms with Gasteiger partial charge in [-0.2, -0.15) is 0 Å². The predicted molar refractivity (Wildman–Crippen MR) is 92.9 cm³/mol. The SMILES string of the molecule is Cl.c1cc2c(c(CN3CCCC4(CCOCC4)C3)c1)NCC2. The molecule has 1 N–H and O–H groups in total. The number of halogens is 1. The molecule has 0 saturated carbocycles. The van der Waals surface area contributed by atoms with E-state index in [0.717, 1.165) is 26.3 Å². The van der Waals surface area contributed by atoms with Crippen molar-refractivity contribution in [3.8, 4) is 0 Å². The molecule has 2 fully saturated rings. The number of hydrogen-bond donors (Lipinski definition) is 1. The average Bonchev–Trinajstić information content (AvgIpc) is 2.98. The maximum atomic E-state index is 5.58. The Morgan fingerprint density at radius 2 is 2.05 bits per heavy atom. The number of anilines is 1. The van der Waals surface area contributed by atoms with E-state index in [4.69, 9.17) is 4.74 Å². The number of benzene rings is 1. The van der Waals surface area contributed by atoms with E-state index in [0.29, 0.717) is 5.41 Å². The minimum atomic E-state index is 0. The van der Waals surface area contributed by atoms with Crippen molar-refractivity contribution in [1.29, 1.82) is 0 Å². The number of rotatable bonds is 2. The van der Waals surface area contributed by atoms with Crippen LogP contribution in [0.5, 0.6) is 0 Å². The first-order valence-corrected chi connectivity index (χ1v) is 8.49. The summed E-state index contributed by atoms with van der Waals surface area (Å²) in [6, 6.07) is 6.81. The molecule has 0 radical (unpaired) electrons. The quantitative estimate of drug-likeness (QED) is 0.902. The van der Waals surface area contributed by atoms with Gasteiger partial charge in [0.25, 0.3) is 0 Å². The number of para-hydroxylation sites is 1. The summed E-state index contributed by atoms with van der Waals surface area (Å²) >= 11 is 0. The maximum Gasteiger partial charge on any atom is 0.0471 e. The molecule has 1 spiro atoms. The summed E-state index contributed by atoms with van der Waals surface area (Å²) in [5.41, 5.74) is 4.96. The molecule has 1 aromatic rings. The third kappa shape index (κ3) is 3.12. The van der Waals surface area contributed by atoms with Crippen LogP contribution in [0, 0.1) is 5.41 Å². The van der Waals surface area contributed by atoms with Crippen molar-refractivity contribution in [3.63, 3.8) is 0 Å². The number of ether oxygens (including phenoxy) is 1. The molecule has 3 nitrogen and oxygen atoms in total. The van der Waals surface area contributed by atoms with Crippen molar-refractivity contribution in [2.45, 2.75) is 38.6 Å². The van der Waals surface area contributed by atoms with Crippen molar-refractivity contribution in [1.82, 2.24) is 4.90 Å². The molecule has 3 aliphatic heterocycles. The third-order valence-electron chi connectivity index (χ3n) is 5.62. The van der Waals surface area contributed by atoms with Crippen molar-refractivity contribution in [3.05, 3.63) is 29.3 Å². The second kappa shape index (κ2) is 6.77. The second-order valence-corrected chi connectivity index (χ2v) is 7.05. The van der Waals surface area contributed by atoms with Crippen LogP contribution in [-0.4, -0.2) is 37.7 Å². The van der Waals surface area contributed by atoms with Crippen LogP contribution in [-0.2, 0) is 17.7 Å². The van der Waals surface area contributed by atoms with Crippen LogP contribution < -0.4 is 5.32 Å². The van der Waals surface area contributed by atoms with E-state index in [2.05, 4.69) is 28.4 Å². The number of likely N-dealkylation sites (tertiary alicyclic amines) is 1. The summed E-state index contributed by atoms with van der Waals surface area (Å²) in [6.45, 7) is 6.67. The smallest absolute Gasteiger partial charge is 0.0471 e. The zero-order valence-electron chi connectivity index (χ0n) is 13.3.